The normalized spacial score (nSPS) is 21.3. The average molecular weight is 607 g/mol. The number of carboxylic acids is 2. The number of rotatable bonds is 6. The third-order valence-corrected chi connectivity index (χ3v) is 6.65. The molecule has 1 spiro atoms. The second-order valence-corrected chi connectivity index (χ2v) is 9.96. The minimum atomic E-state index is -5.08. The number of ether oxygens (including phenoxy) is 1. The highest BCUT2D eigenvalue weighted by Gasteiger charge is 2.53. The van der Waals surface area contributed by atoms with Gasteiger partial charge in [-0.15, -0.1) is 0 Å². The van der Waals surface area contributed by atoms with E-state index < -0.39 is 36.1 Å². The molecule has 1 saturated carbocycles. The predicted octanol–water partition coefficient (Wildman–Crippen LogP) is 3.80. The minimum Gasteiger partial charge on any atom is -0.475 e. The van der Waals surface area contributed by atoms with Crippen LogP contribution in [0.2, 0.25) is 0 Å². The molecule has 1 aliphatic carbocycles. The maximum Gasteiger partial charge on any atom is 0.490 e. The van der Waals surface area contributed by atoms with E-state index in [4.69, 9.17) is 24.5 Å². The van der Waals surface area contributed by atoms with Gasteiger partial charge in [-0.3, -0.25) is 14.7 Å². The molecule has 0 radical (unpaired) electrons. The summed E-state index contributed by atoms with van der Waals surface area (Å²) in [6.07, 6.45) is -8.95. The summed E-state index contributed by atoms with van der Waals surface area (Å²) in [5.74, 6) is -8.50. The van der Waals surface area contributed by atoms with Crippen LogP contribution in [0.4, 0.5) is 35.1 Å². The van der Waals surface area contributed by atoms with Gasteiger partial charge in [0.05, 0.1) is 11.3 Å². The fraction of sp³-hybridized carbons (Fsp3) is 0.667. The zero-order valence-electron chi connectivity index (χ0n) is 21.7. The van der Waals surface area contributed by atoms with E-state index >= 15 is 0 Å². The molecule has 4 rings (SSSR count). The van der Waals surface area contributed by atoms with Gasteiger partial charge in [-0.05, 0) is 37.8 Å². The molecule has 3 N–H and O–H groups in total. The number of carbonyl (C=O) groups is 3. The molecule has 1 atom stereocenters. The van der Waals surface area contributed by atoms with Gasteiger partial charge < -0.3 is 20.3 Å². The van der Waals surface area contributed by atoms with Crippen molar-refractivity contribution in [2.75, 3.05) is 26.2 Å². The highest BCUT2D eigenvalue weighted by molar-refractivity contribution is 5.79. The molecule has 9 nitrogen and oxygen atoms in total. The molecule has 2 saturated heterocycles. The number of pyridine rings is 1. The summed E-state index contributed by atoms with van der Waals surface area (Å²) in [5, 5.41) is 17.1. The molecule has 0 bridgehead atoms. The molecule has 3 fully saturated rings. The lowest BCUT2D eigenvalue weighted by Gasteiger charge is -2.50. The zero-order chi connectivity index (χ0) is 31.2. The van der Waals surface area contributed by atoms with E-state index in [0.29, 0.717) is 12.5 Å². The Labute approximate surface area is 228 Å². The summed E-state index contributed by atoms with van der Waals surface area (Å²) in [6.45, 7) is 5.88. The summed E-state index contributed by atoms with van der Waals surface area (Å²) in [7, 11) is 0. The van der Waals surface area contributed by atoms with Gasteiger partial charge in [-0.25, -0.2) is 18.4 Å². The summed E-state index contributed by atoms with van der Waals surface area (Å²) in [6, 6.07) is 6.07. The standard InChI is InChI=1S/C20H27F2N3O2.2C2HF3O2/c1-14-3-2-4-17(24-14)11-25-12-19(13-25)16(6-8-27-19)5-7-23-18(26)15-9-20(21,22)10-15;2*3-2(4,5)1(6)7/h2-4,15-16H,5-13H2,1H3,(H,23,26);2*(H,6,7). The molecule has 3 heterocycles. The van der Waals surface area contributed by atoms with Crippen molar-refractivity contribution in [2.24, 2.45) is 11.8 Å². The minimum absolute atomic E-state index is 0.113. The zero-order valence-corrected chi connectivity index (χ0v) is 21.7. The number of hydrogen-bond acceptors (Lipinski definition) is 6. The number of aliphatic carboxylic acids is 2. The molecular weight excluding hydrogens is 578 g/mol. The van der Waals surface area contributed by atoms with E-state index in [0.717, 1.165) is 50.5 Å². The van der Waals surface area contributed by atoms with Crippen LogP contribution in [0.3, 0.4) is 0 Å². The quantitative estimate of drug-likeness (QED) is 0.417. The Hall–Kier alpha value is -3.08. The monoisotopic (exact) mass is 607 g/mol. The fourth-order valence-corrected chi connectivity index (χ4v) is 4.64. The maximum atomic E-state index is 12.9. The van der Waals surface area contributed by atoms with Crippen molar-refractivity contribution in [1.82, 2.24) is 15.2 Å². The van der Waals surface area contributed by atoms with Crippen molar-refractivity contribution in [3.05, 3.63) is 29.6 Å². The number of likely N-dealkylation sites (tertiary alicyclic amines) is 1. The van der Waals surface area contributed by atoms with Gasteiger partial charge in [0.2, 0.25) is 11.8 Å². The Balaban J connectivity index is 0.000000349. The van der Waals surface area contributed by atoms with Gasteiger partial charge in [0.1, 0.15) is 0 Å². The van der Waals surface area contributed by atoms with Crippen LogP contribution in [0.5, 0.6) is 0 Å². The number of amides is 1. The summed E-state index contributed by atoms with van der Waals surface area (Å²) < 4.78 is 95.3. The molecule has 2 aliphatic heterocycles. The fourth-order valence-electron chi connectivity index (χ4n) is 4.64. The number of nitrogens with one attached hydrogen (secondary N) is 1. The SMILES string of the molecule is Cc1cccc(CN2CC3(C2)OCCC3CCNC(=O)C2CC(F)(F)C2)n1.O=C(O)C(F)(F)F.O=C(O)C(F)(F)F. The van der Waals surface area contributed by atoms with Crippen molar-refractivity contribution in [3.8, 4) is 0 Å². The number of nitrogens with zero attached hydrogens (tertiary/aromatic N) is 2. The van der Waals surface area contributed by atoms with E-state index in [2.05, 4.69) is 15.2 Å². The first-order valence-corrected chi connectivity index (χ1v) is 12.3. The van der Waals surface area contributed by atoms with Gasteiger partial charge in [0.25, 0.3) is 0 Å². The lowest BCUT2D eigenvalue weighted by molar-refractivity contribution is -0.193. The van der Waals surface area contributed by atoms with E-state index in [9.17, 15) is 39.9 Å². The van der Waals surface area contributed by atoms with Gasteiger partial charge in [-0.1, -0.05) is 6.07 Å². The smallest absolute Gasteiger partial charge is 0.475 e. The van der Waals surface area contributed by atoms with Gasteiger partial charge in [0.15, 0.2) is 0 Å². The second-order valence-electron chi connectivity index (χ2n) is 9.96. The first-order valence-electron chi connectivity index (χ1n) is 12.3. The molecule has 1 aromatic heterocycles. The van der Waals surface area contributed by atoms with Crippen molar-refractivity contribution in [3.63, 3.8) is 0 Å². The lowest BCUT2D eigenvalue weighted by atomic mass is 9.78. The molecule has 232 valence electrons. The van der Waals surface area contributed by atoms with E-state index in [1.165, 1.54) is 0 Å². The highest BCUT2D eigenvalue weighted by atomic mass is 19.4. The van der Waals surface area contributed by atoms with Crippen LogP contribution < -0.4 is 5.32 Å². The lowest BCUT2D eigenvalue weighted by Crippen LogP contribution is -2.64. The Bertz CT molecular complexity index is 1040. The molecular formula is C24H29F8N3O6. The summed E-state index contributed by atoms with van der Waals surface area (Å²) in [5.41, 5.74) is 1.99. The first kappa shape index (κ1) is 34.1. The number of halogens is 8. The van der Waals surface area contributed by atoms with Crippen LogP contribution in [0.25, 0.3) is 0 Å². The van der Waals surface area contributed by atoms with E-state index in [1.54, 1.807) is 0 Å². The highest BCUT2D eigenvalue weighted by Crippen LogP contribution is 2.43. The molecule has 17 heteroatoms. The number of alkyl halides is 8. The number of carboxylic acid groups (broad SMARTS) is 2. The molecule has 41 heavy (non-hydrogen) atoms. The Kier molecular flexibility index (Phi) is 11.0. The van der Waals surface area contributed by atoms with Gasteiger partial charge in [0, 0.05) is 57.2 Å². The number of carbonyl (C=O) groups excluding carboxylic acids is 1. The van der Waals surface area contributed by atoms with Gasteiger partial charge in [-0.2, -0.15) is 26.3 Å². The van der Waals surface area contributed by atoms with Crippen LogP contribution in [-0.2, 0) is 25.7 Å². The summed E-state index contributed by atoms with van der Waals surface area (Å²) in [4.78, 5) is 36.6. The largest absolute Gasteiger partial charge is 0.490 e. The van der Waals surface area contributed by atoms with E-state index in [1.807, 2.05) is 25.1 Å². The molecule has 1 unspecified atom stereocenters. The third-order valence-electron chi connectivity index (χ3n) is 6.65. The van der Waals surface area contributed by atoms with Crippen molar-refractivity contribution in [1.29, 1.82) is 0 Å². The van der Waals surface area contributed by atoms with Gasteiger partial charge >= 0.3 is 24.3 Å². The molecule has 1 amide bonds. The van der Waals surface area contributed by atoms with Crippen molar-refractivity contribution < 1.29 is 64.5 Å². The Morgan fingerprint density at radius 2 is 1.59 bits per heavy atom. The molecule has 0 aromatic carbocycles. The Morgan fingerprint density at radius 1 is 1.05 bits per heavy atom. The average Bonchev–Trinajstić information content (AvgIpc) is 3.20. The maximum absolute atomic E-state index is 12.9. The van der Waals surface area contributed by atoms with Crippen molar-refractivity contribution >= 4 is 17.8 Å². The predicted molar refractivity (Wildman–Crippen MR) is 124 cm³/mol. The van der Waals surface area contributed by atoms with Crippen LogP contribution >= 0.6 is 0 Å². The van der Waals surface area contributed by atoms with E-state index in [-0.39, 0.29) is 24.3 Å². The van der Waals surface area contributed by atoms with Crippen LogP contribution in [0.1, 0.15) is 37.1 Å². The van der Waals surface area contributed by atoms with Crippen LogP contribution in [0.15, 0.2) is 18.2 Å². The Morgan fingerprint density at radius 3 is 2.05 bits per heavy atom. The number of aryl methyl sites for hydroxylation is 1. The third kappa shape index (κ3) is 10.4. The van der Waals surface area contributed by atoms with Crippen LogP contribution in [-0.4, -0.2) is 88.1 Å². The number of hydrogen-bond donors (Lipinski definition) is 3. The topological polar surface area (TPSA) is 129 Å². The van der Waals surface area contributed by atoms with Crippen LogP contribution in [0, 0.1) is 18.8 Å². The number of aromatic nitrogens is 1. The van der Waals surface area contributed by atoms with Crippen molar-refractivity contribution in [2.45, 2.75) is 63.0 Å². The molecule has 3 aliphatic rings. The first-order chi connectivity index (χ1) is 18.7. The summed E-state index contributed by atoms with van der Waals surface area (Å²) >= 11 is 0. The molecule has 1 aromatic rings. The second kappa shape index (κ2) is 13.3.